The zero-order valence-corrected chi connectivity index (χ0v) is 18.0. The second-order valence-electron chi connectivity index (χ2n) is 7.90. The molecule has 0 aliphatic carbocycles. The molecule has 0 radical (unpaired) electrons. The van der Waals surface area contributed by atoms with Gasteiger partial charge in [-0.1, -0.05) is 55.8 Å². The lowest BCUT2D eigenvalue weighted by Gasteiger charge is -2.35. The first kappa shape index (κ1) is 19.9. The zero-order chi connectivity index (χ0) is 20.5. The number of likely N-dealkylation sites (tertiary alicyclic amines) is 1. The van der Waals surface area contributed by atoms with E-state index in [0.29, 0.717) is 33.0 Å². The van der Waals surface area contributed by atoms with E-state index >= 15 is 0 Å². The summed E-state index contributed by atoms with van der Waals surface area (Å²) in [5.74, 6) is 0.613. The van der Waals surface area contributed by atoms with Gasteiger partial charge in [0.1, 0.15) is 4.88 Å². The fourth-order valence-corrected chi connectivity index (χ4v) is 5.53. The molecule has 1 aliphatic rings. The van der Waals surface area contributed by atoms with Crippen molar-refractivity contribution in [1.29, 1.82) is 0 Å². The van der Waals surface area contributed by atoms with Gasteiger partial charge in [0.25, 0.3) is 11.8 Å². The summed E-state index contributed by atoms with van der Waals surface area (Å²) >= 11 is 7.80. The lowest BCUT2D eigenvalue weighted by molar-refractivity contribution is 0.0624. The number of hydrogen-bond donors (Lipinski definition) is 1. The van der Waals surface area contributed by atoms with Crippen molar-refractivity contribution in [3.63, 3.8) is 0 Å². The monoisotopic (exact) mass is 426 g/mol. The van der Waals surface area contributed by atoms with Crippen molar-refractivity contribution in [3.05, 3.63) is 64.0 Å². The molecule has 2 amide bonds. The molecule has 1 fully saturated rings. The molecule has 2 heterocycles. The van der Waals surface area contributed by atoms with Gasteiger partial charge in [-0.25, -0.2) is 0 Å². The minimum absolute atomic E-state index is 0.0401. The van der Waals surface area contributed by atoms with E-state index in [-0.39, 0.29) is 11.8 Å². The highest BCUT2D eigenvalue weighted by atomic mass is 35.5. The molecule has 1 saturated heterocycles. The van der Waals surface area contributed by atoms with Crippen molar-refractivity contribution < 1.29 is 9.59 Å². The third-order valence-electron chi connectivity index (χ3n) is 5.30. The van der Waals surface area contributed by atoms with Crippen LogP contribution >= 0.6 is 22.9 Å². The van der Waals surface area contributed by atoms with Crippen LogP contribution in [0.2, 0.25) is 5.02 Å². The van der Waals surface area contributed by atoms with Crippen molar-refractivity contribution in [2.45, 2.75) is 20.3 Å². The van der Waals surface area contributed by atoms with Crippen LogP contribution in [0.4, 0.5) is 5.69 Å². The molecule has 4 nitrogen and oxygen atoms in total. The Morgan fingerprint density at radius 2 is 1.69 bits per heavy atom. The summed E-state index contributed by atoms with van der Waals surface area (Å²) in [6, 6.07) is 14.9. The Bertz CT molecular complexity index is 1070. The maximum atomic E-state index is 13.2. The second kappa shape index (κ2) is 8.17. The predicted octanol–water partition coefficient (Wildman–Crippen LogP) is 5.93. The maximum Gasteiger partial charge on any atom is 0.267 e. The molecule has 0 saturated carbocycles. The number of carbonyl (C=O) groups is 2. The molecule has 29 heavy (non-hydrogen) atoms. The quantitative estimate of drug-likeness (QED) is 0.564. The van der Waals surface area contributed by atoms with Crippen LogP contribution in [0.15, 0.2) is 48.5 Å². The largest absolute Gasteiger partial charge is 0.338 e. The van der Waals surface area contributed by atoms with Gasteiger partial charge >= 0.3 is 0 Å². The van der Waals surface area contributed by atoms with Crippen LogP contribution in [0.3, 0.4) is 0 Å². The summed E-state index contributed by atoms with van der Waals surface area (Å²) in [6.45, 7) is 5.83. The van der Waals surface area contributed by atoms with Crippen LogP contribution in [0.5, 0.6) is 0 Å². The summed E-state index contributed by atoms with van der Waals surface area (Å²) in [7, 11) is 0. The van der Waals surface area contributed by atoms with E-state index < -0.39 is 0 Å². The molecule has 1 N–H and O–H groups in total. The van der Waals surface area contributed by atoms with E-state index in [0.717, 1.165) is 29.6 Å². The molecule has 150 valence electrons. The van der Waals surface area contributed by atoms with Crippen molar-refractivity contribution in [2.75, 3.05) is 18.4 Å². The van der Waals surface area contributed by atoms with E-state index in [1.807, 2.05) is 41.3 Å². The Hall–Kier alpha value is -2.37. The molecule has 1 aromatic heterocycles. The van der Waals surface area contributed by atoms with Crippen molar-refractivity contribution in [1.82, 2.24) is 4.90 Å². The zero-order valence-electron chi connectivity index (χ0n) is 16.4. The number of anilines is 1. The van der Waals surface area contributed by atoms with Gasteiger partial charge in [0.2, 0.25) is 0 Å². The van der Waals surface area contributed by atoms with Crippen LogP contribution in [-0.4, -0.2) is 29.8 Å². The van der Waals surface area contributed by atoms with Gasteiger partial charge in [0, 0.05) is 23.2 Å². The fraction of sp³-hybridized carbons (Fsp3) is 0.304. The number of benzene rings is 2. The number of para-hydroxylation sites is 1. The Kier molecular flexibility index (Phi) is 5.61. The number of carbonyl (C=O) groups excluding carboxylic acids is 2. The first-order valence-corrected chi connectivity index (χ1v) is 11.0. The Morgan fingerprint density at radius 1 is 1.03 bits per heavy atom. The lowest BCUT2D eigenvalue weighted by atomic mass is 9.91. The van der Waals surface area contributed by atoms with Crippen LogP contribution in [-0.2, 0) is 0 Å². The number of hydrogen-bond acceptors (Lipinski definition) is 3. The summed E-state index contributed by atoms with van der Waals surface area (Å²) in [6.07, 6.45) is 1.13. The first-order valence-electron chi connectivity index (χ1n) is 9.80. The molecule has 0 bridgehead atoms. The number of rotatable bonds is 3. The van der Waals surface area contributed by atoms with E-state index in [1.54, 1.807) is 12.1 Å². The number of fused-ring (bicyclic) bond motifs is 1. The normalized spacial score (nSPS) is 19.3. The molecule has 3 aromatic rings. The summed E-state index contributed by atoms with van der Waals surface area (Å²) in [4.78, 5) is 28.5. The molecule has 0 spiro atoms. The number of piperidine rings is 1. The second-order valence-corrected chi connectivity index (χ2v) is 9.33. The highest BCUT2D eigenvalue weighted by Gasteiger charge is 2.28. The predicted molar refractivity (Wildman–Crippen MR) is 120 cm³/mol. The number of nitrogens with one attached hydrogen (secondary N) is 1. The van der Waals surface area contributed by atoms with Gasteiger partial charge in [-0.15, -0.1) is 11.3 Å². The Balaban J connectivity index is 1.60. The van der Waals surface area contributed by atoms with E-state index in [9.17, 15) is 9.59 Å². The number of thiophene rings is 1. The molecule has 1 aliphatic heterocycles. The first-order chi connectivity index (χ1) is 13.9. The minimum Gasteiger partial charge on any atom is -0.338 e. The van der Waals surface area contributed by atoms with Crippen molar-refractivity contribution in [3.8, 4) is 0 Å². The molecular weight excluding hydrogens is 404 g/mol. The maximum absolute atomic E-state index is 13.2. The van der Waals surface area contributed by atoms with Crippen LogP contribution in [0.1, 0.15) is 40.3 Å². The molecule has 2 atom stereocenters. The topological polar surface area (TPSA) is 49.4 Å². The van der Waals surface area contributed by atoms with E-state index in [1.165, 1.54) is 11.3 Å². The highest BCUT2D eigenvalue weighted by molar-refractivity contribution is 7.21. The molecule has 4 rings (SSSR count). The van der Waals surface area contributed by atoms with Crippen LogP contribution in [0, 0.1) is 11.8 Å². The Labute approximate surface area is 179 Å². The Morgan fingerprint density at radius 3 is 2.41 bits per heavy atom. The standard InChI is InChI=1S/C23H23ClN2O2S/c1-14-11-15(2)13-26(12-14)23(28)16-7-3-5-9-18(16)25-22(27)21-20(24)17-8-4-6-10-19(17)29-21/h3-10,14-15H,11-13H2,1-2H3,(H,25,27). The van der Waals surface area contributed by atoms with Crippen LogP contribution in [0.25, 0.3) is 10.1 Å². The average Bonchev–Trinajstić information content (AvgIpc) is 3.04. The number of nitrogens with zero attached hydrogens (tertiary/aromatic N) is 1. The van der Waals surface area contributed by atoms with Gasteiger partial charge in [-0.3, -0.25) is 9.59 Å². The summed E-state index contributed by atoms with van der Waals surface area (Å²) in [5, 5.41) is 4.23. The van der Waals surface area contributed by atoms with Crippen molar-refractivity contribution in [2.24, 2.45) is 11.8 Å². The van der Waals surface area contributed by atoms with Gasteiger partial charge in [-0.2, -0.15) is 0 Å². The fourth-order valence-electron chi connectivity index (χ4n) is 4.12. The molecule has 2 unspecified atom stereocenters. The molecule has 6 heteroatoms. The molecule has 2 aromatic carbocycles. The van der Waals surface area contributed by atoms with Gasteiger partial charge in [-0.05, 0) is 36.5 Å². The van der Waals surface area contributed by atoms with E-state index in [2.05, 4.69) is 19.2 Å². The van der Waals surface area contributed by atoms with Gasteiger partial charge in [0.05, 0.1) is 16.3 Å². The van der Waals surface area contributed by atoms with Crippen molar-refractivity contribution >= 4 is 50.5 Å². The molecular formula is C23H23ClN2O2S. The number of halogens is 1. The average molecular weight is 427 g/mol. The smallest absolute Gasteiger partial charge is 0.267 e. The SMILES string of the molecule is CC1CC(C)CN(C(=O)c2ccccc2NC(=O)c2sc3ccccc3c2Cl)C1. The minimum atomic E-state index is -0.295. The third-order valence-corrected chi connectivity index (χ3v) is 6.98. The summed E-state index contributed by atoms with van der Waals surface area (Å²) < 4.78 is 0.961. The highest BCUT2D eigenvalue weighted by Crippen LogP contribution is 2.36. The van der Waals surface area contributed by atoms with Crippen LogP contribution < -0.4 is 5.32 Å². The third kappa shape index (κ3) is 4.02. The summed E-state index contributed by atoms with van der Waals surface area (Å²) in [5.41, 5.74) is 1.03. The van der Waals surface area contributed by atoms with Gasteiger partial charge < -0.3 is 10.2 Å². The van der Waals surface area contributed by atoms with E-state index in [4.69, 9.17) is 11.6 Å². The number of amides is 2. The van der Waals surface area contributed by atoms with Gasteiger partial charge in [0.15, 0.2) is 0 Å². The lowest BCUT2D eigenvalue weighted by Crippen LogP contribution is -2.42.